The highest BCUT2D eigenvalue weighted by Gasteiger charge is 2.17. The summed E-state index contributed by atoms with van der Waals surface area (Å²) in [5, 5.41) is 0. The van der Waals surface area contributed by atoms with Gasteiger partial charge in [-0.15, -0.1) is 0 Å². The van der Waals surface area contributed by atoms with Crippen LogP contribution in [0.3, 0.4) is 0 Å². The summed E-state index contributed by atoms with van der Waals surface area (Å²) < 4.78 is 5.63. The molecule has 1 atom stereocenters. The Hall–Kier alpha value is -0.900. The molecule has 1 fully saturated rings. The number of hydrogen-bond donors (Lipinski definition) is 1. The Kier molecular flexibility index (Phi) is 4.34. The fourth-order valence-electron chi connectivity index (χ4n) is 2.02. The molecule has 16 heavy (non-hydrogen) atoms. The molecule has 1 aliphatic heterocycles. The van der Waals surface area contributed by atoms with Crippen LogP contribution in [0.1, 0.15) is 12.0 Å². The molecule has 0 amide bonds. The second kappa shape index (κ2) is 5.99. The SMILES string of the molecule is N[C@H]1CCN(CCOCc2ccccc2)C1. The topological polar surface area (TPSA) is 38.5 Å². The van der Waals surface area contributed by atoms with Crippen molar-refractivity contribution in [1.82, 2.24) is 4.90 Å². The number of benzene rings is 1. The van der Waals surface area contributed by atoms with Crippen LogP contribution in [-0.2, 0) is 11.3 Å². The zero-order chi connectivity index (χ0) is 11.2. The van der Waals surface area contributed by atoms with E-state index in [-0.39, 0.29) is 0 Å². The fourth-order valence-corrected chi connectivity index (χ4v) is 2.02. The molecule has 1 aliphatic rings. The Labute approximate surface area is 97.2 Å². The van der Waals surface area contributed by atoms with Gasteiger partial charge in [-0.2, -0.15) is 0 Å². The summed E-state index contributed by atoms with van der Waals surface area (Å²) in [7, 11) is 0. The van der Waals surface area contributed by atoms with E-state index in [4.69, 9.17) is 10.5 Å². The fraction of sp³-hybridized carbons (Fsp3) is 0.538. The minimum atomic E-state index is 0.370. The molecule has 2 rings (SSSR count). The van der Waals surface area contributed by atoms with E-state index in [0.717, 1.165) is 32.7 Å². The van der Waals surface area contributed by atoms with Gasteiger partial charge in [-0.3, -0.25) is 4.90 Å². The highest BCUT2D eigenvalue weighted by Crippen LogP contribution is 2.06. The minimum absolute atomic E-state index is 0.370. The van der Waals surface area contributed by atoms with E-state index in [1.165, 1.54) is 5.56 Å². The zero-order valence-corrected chi connectivity index (χ0v) is 9.64. The second-order valence-corrected chi connectivity index (χ2v) is 4.39. The lowest BCUT2D eigenvalue weighted by Gasteiger charge is -2.14. The first kappa shape index (κ1) is 11.6. The molecule has 1 heterocycles. The van der Waals surface area contributed by atoms with E-state index in [9.17, 15) is 0 Å². The molecular formula is C13H20N2O. The van der Waals surface area contributed by atoms with Gasteiger partial charge in [0.05, 0.1) is 13.2 Å². The Morgan fingerprint density at radius 3 is 2.81 bits per heavy atom. The zero-order valence-electron chi connectivity index (χ0n) is 9.64. The van der Waals surface area contributed by atoms with E-state index >= 15 is 0 Å². The maximum atomic E-state index is 5.84. The van der Waals surface area contributed by atoms with Crippen LogP contribution in [0.15, 0.2) is 30.3 Å². The number of nitrogens with zero attached hydrogens (tertiary/aromatic N) is 1. The van der Waals surface area contributed by atoms with Gasteiger partial charge in [0.15, 0.2) is 0 Å². The van der Waals surface area contributed by atoms with Gasteiger partial charge in [0.2, 0.25) is 0 Å². The molecule has 1 saturated heterocycles. The third-order valence-electron chi connectivity index (χ3n) is 2.97. The van der Waals surface area contributed by atoms with Crippen molar-refractivity contribution < 1.29 is 4.74 Å². The molecule has 0 saturated carbocycles. The van der Waals surface area contributed by atoms with Crippen LogP contribution >= 0.6 is 0 Å². The van der Waals surface area contributed by atoms with Gasteiger partial charge >= 0.3 is 0 Å². The van der Waals surface area contributed by atoms with Crippen molar-refractivity contribution in [3.8, 4) is 0 Å². The average molecular weight is 220 g/mol. The van der Waals surface area contributed by atoms with Crippen molar-refractivity contribution >= 4 is 0 Å². The monoisotopic (exact) mass is 220 g/mol. The highest BCUT2D eigenvalue weighted by atomic mass is 16.5. The normalized spacial score (nSPS) is 21.4. The molecule has 0 unspecified atom stereocenters. The lowest BCUT2D eigenvalue weighted by atomic mass is 10.2. The number of likely N-dealkylation sites (tertiary alicyclic amines) is 1. The summed E-state index contributed by atoms with van der Waals surface area (Å²) in [6, 6.07) is 10.7. The summed E-state index contributed by atoms with van der Waals surface area (Å²) in [6.07, 6.45) is 1.12. The van der Waals surface area contributed by atoms with Gasteiger partial charge in [-0.1, -0.05) is 30.3 Å². The largest absolute Gasteiger partial charge is 0.375 e. The van der Waals surface area contributed by atoms with E-state index in [1.54, 1.807) is 0 Å². The third kappa shape index (κ3) is 3.59. The molecule has 2 N–H and O–H groups in total. The van der Waals surface area contributed by atoms with Crippen molar-refractivity contribution in [2.24, 2.45) is 5.73 Å². The first-order valence-electron chi connectivity index (χ1n) is 5.94. The standard InChI is InChI=1S/C13H20N2O/c14-13-6-7-15(10-13)8-9-16-11-12-4-2-1-3-5-12/h1-5,13H,6-11,14H2/t13-/m0/s1. The van der Waals surface area contributed by atoms with Crippen molar-refractivity contribution in [1.29, 1.82) is 0 Å². The molecule has 0 radical (unpaired) electrons. The van der Waals surface area contributed by atoms with Crippen LogP contribution in [0.25, 0.3) is 0 Å². The average Bonchev–Trinajstić information content (AvgIpc) is 2.72. The van der Waals surface area contributed by atoms with Crippen LogP contribution in [0.4, 0.5) is 0 Å². The lowest BCUT2D eigenvalue weighted by molar-refractivity contribution is 0.0989. The predicted molar refractivity (Wildman–Crippen MR) is 65.1 cm³/mol. The lowest BCUT2D eigenvalue weighted by Crippen LogP contribution is -2.29. The summed E-state index contributed by atoms with van der Waals surface area (Å²) in [6.45, 7) is 4.65. The molecule has 88 valence electrons. The highest BCUT2D eigenvalue weighted by molar-refractivity contribution is 5.13. The van der Waals surface area contributed by atoms with Crippen molar-refractivity contribution in [3.05, 3.63) is 35.9 Å². The quantitative estimate of drug-likeness (QED) is 0.759. The van der Waals surface area contributed by atoms with Crippen LogP contribution < -0.4 is 5.73 Å². The third-order valence-corrected chi connectivity index (χ3v) is 2.97. The van der Waals surface area contributed by atoms with Gasteiger partial charge in [0.1, 0.15) is 0 Å². The first-order valence-corrected chi connectivity index (χ1v) is 5.94. The van der Waals surface area contributed by atoms with Crippen molar-refractivity contribution in [2.45, 2.75) is 19.1 Å². The van der Waals surface area contributed by atoms with E-state index in [0.29, 0.717) is 12.6 Å². The second-order valence-electron chi connectivity index (χ2n) is 4.39. The molecule has 0 aliphatic carbocycles. The molecule has 0 aromatic heterocycles. The Bertz CT molecular complexity index is 302. The van der Waals surface area contributed by atoms with Crippen LogP contribution in [0, 0.1) is 0 Å². The van der Waals surface area contributed by atoms with Crippen LogP contribution in [0.5, 0.6) is 0 Å². The van der Waals surface area contributed by atoms with E-state index < -0.39 is 0 Å². The minimum Gasteiger partial charge on any atom is -0.375 e. The van der Waals surface area contributed by atoms with Gasteiger partial charge in [0.25, 0.3) is 0 Å². The van der Waals surface area contributed by atoms with Crippen molar-refractivity contribution in [2.75, 3.05) is 26.2 Å². The smallest absolute Gasteiger partial charge is 0.0717 e. The maximum absolute atomic E-state index is 5.84. The van der Waals surface area contributed by atoms with Gasteiger partial charge in [0, 0.05) is 19.1 Å². The molecule has 3 nitrogen and oxygen atoms in total. The van der Waals surface area contributed by atoms with E-state index in [1.807, 2.05) is 18.2 Å². The summed E-state index contributed by atoms with van der Waals surface area (Å²) in [5.41, 5.74) is 7.07. The van der Waals surface area contributed by atoms with Crippen molar-refractivity contribution in [3.63, 3.8) is 0 Å². The van der Waals surface area contributed by atoms with E-state index in [2.05, 4.69) is 17.0 Å². The van der Waals surface area contributed by atoms with Gasteiger partial charge in [-0.25, -0.2) is 0 Å². The molecule has 1 aromatic carbocycles. The van der Waals surface area contributed by atoms with Gasteiger partial charge in [-0.05, 0) is 18.5 Å². The van der Waals surface area contributed by atoms with Crippen LogP contribution in [-0.4, -0.2) is 37.2 Å². The predicted octanol–water partition coefficient (Wildman–Crippen LogP) is 1.24. The first-order chi connectivity index (χ1) is 7.84. The number of nitrogens with two attached hydrogens (primary N) is 1. The molecular weight excluding hydrogens is 200 g/mol. The summed E-state index contributed by atoms with van der Waals surface area (Å²) in [4.78, 5) is 2.37. The Balaban J connectivity index is 1.59. The number of ether oxygens (including phenoxy) is 1. The summed E-state index contributed by atoms with van der Waals surface area (Å²) in [5.74, 6) is 0. The van der Waals surface area contributed by atoms with Crippen LogP contribution in [0.2, 0.25) is 0 Å². The van der Waals surface area contributed by atoms with Gasteiger partial charge < -0.3 is 10.5 Å². The Morgan fingerprint density at radius 2 is 2.12 bits per heavy atom. The summed E-state index contributed by atoms with van der Waals surface area (Å²) >= 11 is 0. The number of hydrogen-bond acceptors (Lipinski definition) is 3. The molecule has 0 bridgehead atoms. The molecule has 3 heteroatoms. The number of rotatable bonds is 5. The Morgan fingerprint density at radius 1 is 1.31 bits per heavy atom. The maximum Gasteiger partial charge on any atom is 0.0717 e. The molecule has 1 aromatic rings. The molecule has 0 spiro atoms.